The van der Waals surface area contributed by atoms with Gasteiger partial charge in [0.1, 0.15) is 0 Å². The van der Waals surface area contributed by atoms with E-state index in [0.717, 1.165) is 0 Å². The van der Waals surface area contributed by atoms with E-state index in [0.29, 0.717) is 9.82 Å². The molecule has 0 radical (unpaired) electrons. The maximum absolute atomic E-state index is 11.8. The monoisotopic (exact) mass is 286 g/mol. The number of pyridine rings is 1. The Morgan fingerprint density at radius 1 is 1.33 bits per heavy atom. The van der Waals surface area contributed by atoms with E-state index in [1.54, 1.807) is 36.5 Å². The molecule has 0 aliphatic rings. The van der Waals surface area contributed by atoms with Crippen molar-refractivity contribution in [2.24, 2.45) is 0 Å². The van der Waals surface area contributed by atoms with E-state index >= 15 is 0 Å². The van der Waals surface area contributed by atoms with Crippen molar-refractivity contribution in [1.29, 1.82) is 0 Å². The van der Waals surface area contributed by atoms with E-state index in [2.05, 4.69) is 15.9 Å². The molecular weight excluding hydrogens is 281 g/mol. The first-order valence-electron chi connectivity index (χ1n) is 4.15. The zero-order valence-electron chi connectivity index (χ0n) is 7.48. The minimum Gasteiger partial charge on any atom is -0.439 e. The molecule has 0 fully saturated rings. The lowest BCUT2D eigenvalue weighted by atomic mass is 10.4. The molecule has 2 aromatic heterocycles. The van der Waals surface area contributed by atoms with Gasteiger partial charge in [-0.1, -0.05) is 0 Å². The Hall–Kier alpha value is -1.13. The highest BCUT2D eigenvalue weighted by molar-refractivity contribution is 9.10. The number of rotatable bonds is 1. The first-order valence-corrected chi connectivity index (χ1v) is 5.32. The van der Waals surface area contributed by atoms with Crippen molar-refractivity contribution in [2.75, 3.05) is 0 Å². The molecule has 0 N–H and O–H groups in total. The van der Waals surface area contributed by atoms with Gasteiger partial charge >= 0.3 is 5.91 Å². The molecule has 0 aliphatic carbocycles. The van der Waals surface area contributed by atoms with Crippen LogP contribution in [0.25, 0.3) is 0 Å². The molecular formula is C10H6BrClNO2+. The van der Waals surface area contributed by atoms with E-state index in [-0.39, 0.29) is 11.7 Å². The summed E-state index contributed by atoms with van der Waals surface area (Å²) in [4.78, 5) is 11.8. The first kappa shape index (κ1) is 10.4. The van der Waals surface area contributed by atoms with Crippen molar-refractivity contribution >= 4 is 33.4 Å². The van der Waals surface area contributed by atoms with Gasteiger partial charge in [0.15, 0.2) is 10.9 Å². The number of nitrogens with zero attached hydrogens (tertiary/aromatic N) is 1. The lowest BCUT2D eigenvalue weighted by Gasteiger charge is -1.92. The van der Waals surface area contributed by atoms with E-state index in [1.807, 2.05) is 0 Å². The molecule has 0 spiro atoms. The Morgan fingerprint density at radius 3 is 2.73 bits per heavy atom. The summed E-state index contributed by atoms with van der Waals surface area (Å²) in [6.07, 6.45) is 1.58. The van der Waals surface area contributed by atoms with Crippen LogP contribution in [0.15, 0.2) is 45.6 Å². The molecule has 15 heavy (non-hydrogen) atoms. The van der Waals surface area contributed by atoms with Gasteiger partial charge in [-0.05, 0) is 45.7 Å². The number of carbonyl (C=O) groups is 1. The standard InChI is InChI=1S/C10H6BrClNO2/c11-8-5-4-7(15-8)10(14)13-6-2-1-3-9(13)12/h1-6H/q+1. The van der Waals surface area contributed by atoms with Gasteiger partial charge in [-0.25, -0.2) is 4.79 Å². The van der Waals surface area contributed by atoms with Crippen LogP contribution in [0.2, 0.25) is 5.15 Å². The van der Waals surface area contributed by atoms with E-state index in [9.17, 15) is 4.79 Å². The molecule has 5 heteroatoms. The molecule has 0 aliphatic heterocycles. The predicted octanol–water partition coefficient (Wildman–Crippen LogP) is 2.67. The summed E-state index contributed by atoms with van der Waals surface area (Å²) in [7, 11) is 0. The lowest BCUT2D eigenvalue weighted by molar-refractivity contribution is -0.569. The van der Waals surface area contributed by atoms with Crippen LogP contribution in [0.4, 0.5) is 0 Å². The molecule has 3 nitrogen and oxygen atoms in total. The van der Waals surface area contributed by atoms with Crippen LogP contribution < -0.4 is 4.57 Å². The smallest absolute Gasteiger partial charge is 0.439 e. The number of halogens is 2. The fourth-order valence-electron chi connectivity index (χ4n) is 1.13. The third-order valence-corrected chi connectivity index (χ3v) is 2.55. The van der Waals surface area contributed by atoms with Crippen LogP contribution in [-0.4, -0.2) is 5.91 Å². The van der Waals surface area contributed by atoms with Gasteiger partial charge in [-0.15, -0.1) is 4.57 Å². The molecule has 0 saturated carbocycles. The van der Waals surface area contributed by atoms with E-state index < -0.39 is 0 Å². The summed E-state index contributed by atoms with van der Waals surface area (Å²) < 4.78 is 6.97. The van der Waals surface area contributed by atoms with Crippen molar-refractivity contribution in [3.8, 4) is 0 Å². The van der Waals surface area contributed by atoms with Crippen LogP contribution >= 0.6 is 27.5 Å². The Bertz CT molecular complexity index is 510. The van der Waals surface area contributed by atoms with Crippen molar-refractivity contribution < 1.29 is 13.8 Å². The van der Waals surface area contributed by atoms with Gasteiger partial charge < -0.3 is 4.42 Å². The van der Waals surface area contributed by atoms with Crippen molar-refractivity contribution in [3.05, 3.63) is 52.1 Å². The molecule has 2 heterocycles. The normalized spacial score (nSPS) is 10.3. The topological polar surface area (TPSA) is 34.1 Å². The van der Waals surface area contributed by atoms with Crippen LogP contribution in [0.1, 0.15) is 10.6 Å². The largest absolute Gasteiger partial charge is 0.461 e. The van der Waals surface area contributed by atoms with Gasteiger partial charge in [0.05, 0.1) is 0 Å². The van der Waals surface area contributed by atoms with Crippen molar-refractivity contribution in [1.82, 2.24) is 0 Å². The van der Waals surface area contributed by atoms with Gasteiger partial charge in [0, 0.05) is 12.1 Å². The Morgan fingerprint density at radius 2 is 2.13 bits per heavy atom. The highest BCUT2D eigenvalue weighted by atomic mass is 79.9. The minimum absolute atomic E-state index is 0.236. The molecule has 0 saturated heterocycles. The SMILES string of the molecule is O=C(c1ccc(Br)o1)[n+]1ccccc1Cl. The quantitative estimate of drug-likeness (QED) is 0.597. The van der Waals surface area contributed by atoms with Crippen molar-refractivity contribution in [3.63, 3.8) is 0 Å². The molecule has 76 valence electrons. The third kappa shape index (κ3) is 2.11. The zero-order valence-corrected chi connectivity index (χ0v) is 9.83. The second-order valence-electron chi connectivity index (χ2n) is 2.80. The van der Waals surface area contributed by atoms with Gasteiger partial charge in [-0.3, -0.25) is 0 Å². The number of hydrogen-bond acceptors (Lipinski definition) is 2. The first-order chi connectivity index (χ1) is 7.18. The summed E-state index contributed by atoms with van der Waals surface area (Å²) in [5.74, 6) is -0.0636. The van der Waals surface area contributed by atoms with Gasteiger partial charge in [-0.2, -0.15) is 0 Å². The maximum atomic E-state index is 11.8. The Kier molecular flexibility index (Phi) is 2.88. The van der Waals surface area contributed by atoms with E-state index in [4.69, 9.17) is 16.0 Å². The fraction of sp³-hybridized carbons (Fsp3) is 0. The molecule has 0 bridgehead atoms. The van der Waals surface area contributed by atoms with Gasteiger partial charge in [0.2, 0.25) is 5.76 Å². The zero-order chi connectivity index (χ0) is 10.8. The summed E-state index contributed by atoms with van der Waals surface area (Å²) >= 11 is 8.99. The van der Waals surface area contributed by atoms with Crippen molar-refractivity contribution in [2.45, 2.75) is 0 Å². The van der Waals surface area contributed by atoms with Gasteiger partial charge in [0.25, 0.3) is 5.15 Å². The van der Waals surface area contributed by atoms with Crippen LogP contribution in [-0.2, 0) is 0 Å². The molecule has 2 rings (SSSR count). The van der Waals surface area contributed by atoms with E-state index in [1.165, 1.54) is 4.57 Å². The molecule has 0 amide bonds. The summed E-state index contributed by atoms with van der Waals surface area (Å²) in [5, 5.41) is 0.343. The average Bonchev–Trinajstić information content (AvgIpc) is 2.65. The second kappa shape index (κ2) is 4.16. The van der Waals surface area contributed by atoms with Crippen LogP contribution in [0, 0.1) is 0 Å². The number of hydrogen-bond donors (Lipinski definition) is 0. The summed E-state index contributed by atoms with van der Waals surface area (Å²) in [6, 6.07) is 8.36. The molecule has 0 aromatic carbocycles. The molecule has 0 unspecified atom stereocenters. The summed E-state index contributed by atoms with van der Waals surface area (Å²) in [6.45, 7) is 0. The fourth-order valence-corrected chi connectivity index (χ4v) is 1.65. The second-order valence-corrected chi connectivity index (χ2v) is 3.97. The minimum atomic E-state index is -0.300. The van der Waals surface area contributed by atoms with Crippen LogP contribution in [0.3, 0.4) is 0 Å². The third-order valence-electron chi connectivity index (χ3n) is 1.81. The molecule has 0 atom stereocenters. The number of furan rings is 1. The number of aromatic nitrogens is 1. The number of carbonyl (C=O) groups excluding carboxylic acids is 1. The highest BCUT2D eigenvalue weighted by Gasteiger charge is 2.23. The Balaban J connectivity index is 2.41. The summed E-state index contributed by atoms with van der Waals surface area (Å²) in [5.41, 5.74) is 0. The lowest BCUT2D eigenvalue weighted by Crippen LogP contribution is -2.43. The highest BCUT2D eigenvalue weighted by Crippen LogP contribution is 2.14. The predicted molar refractivity (Wildman–Crippen MR) is 57.8 cm³/mol. The maximum Gasteiger partial charge on any atom is 0.461 e. The van der Waals surface area contributed by atoms with Crippen LogP contribution in [0.5, 0.6) is 0 Å². The average molecular weight is 288 g/mol. The molecule has 2 aromatic rings. The Labute approximate surface area is 99.4 Å².